The highest BCUT2D eigenvalue weighted by atomic mass is 16.3. The first kappa shape index (κ1) is 22.5. The summed E-state index contributed by atoms with van der Waals surface area (Å²) >= 11 is 0. The van der Waals surface area contributed by atoms with Gasteiger partial charge in [-0.2, -0.15) is 0 Å². The number of hydrogen-bond donors (Lipinski definition) is 1. The number of aromatic hydroxyl groups is 1. The molecule has 0 amide bonds. The highest BCUT2D eigenvalue weighted by Crippen LogP contribution is 2.40. The molecule has 5 rings (SSSR count). The van der Waals surface area contributed by atoms with Crippen molar-refractivity contribution in [3.05, 3.63) is 121 Å². The van der Waals surface area contributed by atoms with Crippen LogP contribution in [0.2, 0.25) is 0 Å². The van der Waals surface area contributed by atoms with E-state index in [2.05, 4.69) is 84.3 Å². The van der Waals surface area contributed by atoms with E-state index in [0.29, 0.717) is 5.75 Å². The molecule has 35 heavy (non-hydrogen) atoms. The molecule has 5 heteroatoms. The van der Waals surface area contributed by atoms with E-state index in [-0.39, 0.29) is 5.41 Å². The first-order valence-electron chi connectivity index (χ1n) is 11.8. The first-order valence-corrected chi connectivity index (χ1v) is 11.8. The van der Waals surface area contributed by atoms with E-state index in [1.54, 1.807) is 6.07 Å². The average Bonchev–Trinajstić information content (AvgIpc) is 3.32. The lowest BCUT2D eigenvalue weighted by Gasteiger charge is -2.30. The zero-order valence-electron chi connectivity index (χ0n) is 20.3. The molecule has 4 aromatic rings. The van der Waals surface area contributed by atoms with Gasteiger partial charge in [0.1, 0.15) is 17.4 Å². The third-order valence-corrected chi connectivity index (χ3v) is 6.54. The SMILES string of the molecule is CN1C=CN(c2cccc(N(c3ccccc3)c3cccc(C(C)(C)c4ccccc4O)c3)n2)C1. The molecule has 2 heterocycles. The second-order valence-corrected chi connectivity index (χ2v) is 9.38. The highest BCUT2D eigenvalue weighted by molar-refractivity contribution is 5.75. The lowest BCUT2D eigenvalue weighted by molar-refractivity contribution is 0.453. The predicted molar refractivity (Wildman–Crippen MR) is 143 cm³/mol. The van der Waals surface area contributed by atoms with Gasteiger partial charge in [-0.1, -0.05) is 68.4 Å². The number of para-hydroxylation sites is 2. The van der Waals surface area contributed by atoms with E-state index in [4.69, 9.17) is 4.98 Å². The molecule has 1 N–H and O–H groups in total. The molecule has 1 aliphatic rings. The highest BCUT2D eigenvalue weighted by Gasteiger charge is 2.27. The van der Waals surface area contributed by atoms with Crippen molar-refractivity contribution in [3.63, 3.8) is 0 Å². The number of aromatic nitrogens is 1. The second kappa shape index (κ2) is 9.18. The topological polar surface area (TPSA) is 42.8 Å². The van der Waals surface area contributed by atoms with Gasteiger partial charge in [-0.15, -0.1) is 0 Å². The fourth-order valence-electron chi connectivity index (χ4n) is 4.56. The number of phenolic OH excluding ortho intramolecular Hbond substituents is 1. The number of nitrogens with zero attached hydrogens (tertiary/aromatic N) is 4. The standard InChI is InChI=1S/C30H30N4O/c1-30(2,26-15-7-8-16-27(26)35)23-11-9-14-25(21-23)34(24-12-5-4-6-13-24)29-18-10-17-28(31-29)33-20-19-32(3)22-33/h4-21,35H,22H2,1-3H3. The molecule has 5 nitrogen and oxygen atoms in total. The Kier molecular flexibility index (Phi) is 5.91. The van der Waals surface area contributed by atoms with Crippen LogP contribution in [-0.2, 0) is 5.41 Å². The number of pyridine rings is 1. The van der Waals surface area contributed by atoms with Crippen LogP contribution in [0.15, 0.2) is 109 Å². The molecular weight excluding hydrogens is 432 g/mol. The molecule has 0 atom stereocenters. The Hall–Kier alpha value is -4.25. The molecule has 1 aromatic heterocycles. The summed E-state index contributed by atoms with van der Waals surface area (Å²) in [4.78, 5) is 11.5. The van der Waals surface area contributed by atoms with Gasteiger partial charge in [-0.3, -0.25) is 4.90 Å². The van der Waals surface area contributed by atoms with Gasteiger partial charge >= 0.3 is 0 Å². The van der Waals surface area contributed by atoms with Crippen LogP contribution in [0.4, 0.5) is 23.0 Å². The summed E-state index contributed by atoms with van der Waals surface area (Å²) in [6.45, 7) is 5.05. The summed E-state index contributed by atoms with van der Waals surface area (Å²) in [5.41, 5.74) is 3.66. The molecule has 0 saturated heterocycles. The molecule has 0 bridgehead atoms. The summed E-state index contributed by atoms with van der Waals surface area (Å²) in [5, 5.41) is 10.6. The fourth-order valence-corrected chi connectivity index (χ4v) is 4.56. The number of benzene rings is 3. The quantitative estimate of drug-likeness (QED) is 0.343. The van der Waals surface area contributed by atoms with E-state index in [0.717, 1.165) is 40.8 Å². The zero-order chi connectivity index (χ0) is 24.4. The Bertz CT molecular complexity index is 1350. The van der Waals surface area contributed by atoms with Crippen molar-refractivity contribution >= 4 is 23.0 Å². The Morgan fingerprint density at radius 3 is 2.26 bits per heavy atom. The van der Waals surface area contributed by atoms with Crippen molar-refractivity contribution in [2.75, 3.05) is 23.5 Å². The molecule has 1 aliphatic heterocycles. The molecule has 0 saturated carbocycles. The normalized spacial score (nSPS) is 13.3. The van der Waals surface area contributed by atoms with Crippen LogP contribution < -0.4 is 9.80 Å². The van der Waals surface area contributed by atoms with Gasteiger partial charge < -0.3 is 14.9 Å². The lowest BCUT2D eigenvalue weighted by Crippen LogP contribution is -2.23. The van der Waals surface area contributed by atoms with Gasteiger partial charge in [0.25, 0.3) is 0 Å². The van der Waals surface area contributed by atoms with Crippen molar-refractivity contribution in [2.24, 2.45) is 0 Å². The average molecular weight is 463 g/mol. The molecular formula is C30H30N4O. The Balaban J connectivity index is 1.60. The number of hydrogen-bond acceptors (Lipinski definition) is 5. The van der Waals surface area contributed by atoms with Gasteiger partial charge in [0, 0.05) is 41.8 Å². The Morgan fingerprint density at radius 2 is 1.51 bits per heavy atom. The first-order chi connectivity index (χ1) is 16.9. The number of phenols is 1. The molecule has 0 radical (unpaired) electrons. The van der Waals surface area contributed by atoms with Crippen LogP contribution in [0.25, 0.3) is 0 Å². The van der Waals surface area contributed by atoms with Gasteiger partial charge in [-0.25, -0.2) is 4.98 Å². The van der Waals surface area contributed by atoms with Crippen LogP contribution >= 0.6 is 0 Å². The van der Waals surface area contributed by atoms with Crippen LogP contribution in [0.3, 0.4) is 0 Å². The smallest absolute Gasteiger partial charge is 0.140 e. The third-order valence-electron chi connectivity index (χ3n) is 6.54. The van der Waals surface area contributed by atoms with E-state index in [1.165, 1.54) is 0 Å². The molecule has 0 unspecified atom stereocenters. The lowest BCUT2D eigenvalue weighted by atomic mass is 9.77. The summed E-state index contributed by atoms with van der Waals surface area (Å²) in [5.74, 6) is 2.05. The van der Waals surface area contributed by atoms with E-state index < -0.39 is 0 Å². The maximum Gasteiger partial charge on any atom is 0.140 e. The third kappa shape index (κ3) is 4.45. The molecule has 0 spiro atoms. The van der Waals surface area contributed by atoms with Gasteiger partial charge in [0.05, 0.1) is 6.67 Å². The van der Waals surface area contributed by atoms with Crippen molar-refractivity contribution in [2.45, 2.75) is 19.3 Å². The van der Waals surface area contributed by atoms with E-state index in [9.17, 15) is 5.11 Å². The summed E-state index contributed by atoms with van der Waals surface area (Å²) in [6, 6.07) is 32.5. The van der Waals surface area contributed by atoms with Gasteiger partial charge in [0.2, 0.25) is 0 Å². The minimum Gasteiger partial charge on any atom is -0.508 e. The van der Waals surface area contributed by atoms with Gasteiger partial charge in [0.15, 0.2) is 0 Å². The van der Waals surface area contributed by atoms with Crippen molar-refractivity contribution < 1.29 is 5.11 Å². The minimum atomic E-state index is -0.385. The van der Waals surface area contributed by atoms with Crippen molar-refractivity contribution in [1.29, 1.82) is 0 Å². The summed E-state index contributed by atoms with van der Waals surface area (Å²) < 4.78 is 0. The predicted octanol–water partition coefficient (Wildman–Crippen LogP) is 6.76. The number of anilines is 4. The van der Waals surface area contributed by atoms with Crippen LogP contribution in [0, 0.1) is 0 Å². The van der Waals surface area contributed by atoms with Crippen molar-refractivity contribution in [3.8, 4) is 5.75 Å². The monoisotopic (exact) mass is 462 g/mol. The Morgan fingerprint density at radius 1 is 0.800 bits per heavy atom. The molecule has 3 aromatic carbocycles. The largest absolute Gasteiger partial charge is 0.508 e. The fraction of sp³-hybridized carbons (Fsp3) is 0.167. The summed E-state index contributed by atoms with van der Waals surface area (Å²) in [6.07, 6.45) is 4.10. The maximum atomic E-state index is 10.6. The number of rotatable bonds is 6. The maximum absolute atomic E-state index is 10.6. The zero-order valence-corrected chi connectivity index (χ0v) is 20.3. The molecule has 0 fully saturated rings. The van der Waals surface area contributed by atoms with Crippen LogP contribution in [0.5, 0.6) is 5.75 Å². The summed E-state index contributed by atoms with van der Waals surface area (Å²) in [7, 11) is 2.05. The second-order valence-electron chi connectivity index (χ2n) is 9.38. The Labute approximate surface area is 207 Å². The minimum absolute atomic E-state index is 0.306. The van der Waals surface area contributed by atoms with Crippen LogP contribution in [0.1, 0.15) is 25.0 Å². The van der Waals surface area contributed by atoms with Gasteiger partial charge in [-0.05, 0) is 48.0 Å². The molecule has 0 aliphatic carbocycles. The molecule has 176 valence electrons. The van der Waals surface area contributed by atoms with E-state index in [1.807, 2.05) is 54.7 Å². The van der Waals surface area contributed by atoms with E-state index >= 15 is 0 Å². The van der Waals surface area contributed by atoms with Crippen molar-refractivity contribution in [1.82, 2.24) is 9.88 Å². The van der Waals surface area contributed by atoms with Crippen LogP contribution in [-0.4, -0.2) is 28.7 Å².